The highest BCUT2D eigenvalue weighted by atomic mass is 32.2. The highest BCUT2D eigenvalue weighted by Crippen LogP contribution is 2.39. The van der Waals surface area contributed by atoms with Gasteiger partial charge in [-0.25, -0.2) is 8.42 Å². The summed E-state index contributed by atoms with van der Waals surface area (Å²) in [5.74, 6) is -0.184. The van der Waals surface area contributed by atoms with E-state index in [1.807, 2.05) is 24.3 Å². The number of furan rings is 1. The van der Waals surface area contributed by atoms with E-state index in [9.17, 15) is 18.0 Å². The molecule has 190 valence electrons. The summed E-state index contributed by atoms with van der Waals surface area (Å²) >= 11 is 1.49. The summed E-state index contributed by atoms with van der Waals surface area (Å²) in [4.78, 5) is 28.0. The van der Waals surface area contributed by atoms with Crippen molar-refractivity contribution in [1.29, 1.82) is 0 Å². The van der Waals surface area contributed by atoms with Gasteiger partial charge >= 0.3 is 0 Å². The van der Waals surface area contributed by atoms with E-state index in [4.69, 9.17) is 10.2 Å². The minimum Gasteiger partial charge on any atom is -0.451 e. The molecule has 36 heavy (non-hydrogen) atoms. The lowest BCUT2D eigenvalue weighted by molar-refractivity contribution is -0.121. The lowest BCUT2D eigenvalue weighted by Crippen LogP contribution is -2.57. The fourth-order valence-corrected chi connectivity index (χ4v) is 7.49. The summed E-state index contributed by atoms with van der Waals surface area (Å²) in [6, 6.07) is 16.2. The molecule has 8 nitrogen and oxygen atoms in total. The van der Waals surface area contributed by atoms with E-state index in [2.05, 4.69) is 10.2 Å². The molecule has 1 aliphatic carbocycles. The number of rotatable bonds is 9. The van der Waals surface area contributed by atoms with Gasteiger partial charge in [-0.1, -0.05) is 18.2 Å². The van der Waals surface area contributed by atoms with Crippen molar-refractivity contribution >= 4 is 44.4 Å². The number of hydrogen-bond donors (Lipinski definition) is 2. The number of nitrogens with one attached hydrogen (secondary N) is 1. The van der Waals surface area contributed by atoms with E-state index < -0.39 is 20.5 Å². The van der Waals surface area contributed by atoms with Crippen molar-refractivity contribution in [3.63, 3.8) is 0 Å². The number of hydrogen-bond acceptors (Lipinski definition) is 7. The van der Waals surface area contributed by atoms with Crippen LogP contribution in [-0.4, -0.2) is 61.3 Å². The van der Waals surface area contributed by atoms with Gasteiger partial charge in [-0.15, -0.1) is 11.8 Å². The summed E-state index contributed by atoms with van der Waals surface area (Å²) < 4.78 is 31.0. The van der Waals surface area contributed by atoms with Crippen LogP contribution in [0.15, 0.2) is 68.8 Å². The van der Waals surface area contributed by atoms with E-state index in [-0.39, 0.29) is 29.4 Å². The molecule has 0 unspecified atom stereocenters. The van der Waals surface area contributed by atoms with Crippen LogP contribution in [0.2, 0.25) is 0 Å². The Hall–Kier alpha value is -2.82. The van der Waals surface area contributed by atoms with Gasteiger partial charge in [0.15, 0.2) is 20.3 Å². The highest BCUT2D eigenvalue weighted by molar-refractivity contribution is 7.99. The zero-order valence-corrected chi connectivity index (χ0v) is 21.4. The predicted molar refractivity (Wildman–Crippen MR) is 139 cm³/mol. The van der Waals surface area contributed by atoms with Crippen LogP contribution < -0.4 is 11.1 Å². The maximum absolute atomic E-state index is 13.5. The van der Waals surface area contributed by atoms with Crippen LogP contribution in [0.25, 0.3) is 11.0 Å². The highest BCUT2D eigenvalue weighted by Gasteiger charge is 2.52. The molecule has 10 heteroatoms. The first-order valence-corrected chi connectivity index (χ1v) is 14.6. The van der Waals surface area contributed by atoms with Crippen LogP contribution in [0.1, 0.15) is 36.2 Å². The third-order valence-corrected chi connectivity index (χ3v) is 10.6. The molecule has 3 aromatic rings. The minimum atomic E-state index is -3.92. The summed E-state index contributed by atoms with van der Waals surface area (Å²) in [7, 11) is -3.92. The molecule has 0 bridgehead atoms. The molecule has 3 N–H and O–H groups in total. The number of carbonyl (C=O) groups excluding carboxylic acids is 2. The predicted octanol–water partition coefficient (Wildman–Crippen LogP) is 3.21. The molecule has 1 aromatic heterocycles. The molecule has 0 spiro atoms. The van der Waals surface area contributed by atoms with Crippen LogP contribution in [-0.2, 0) is 14.6 Å². The number of thioether (sulfide) groups is 1. The van der Waals surface area contributed by atoms with Crippen molar-refractivity contribution in [3.05, 3.63) is 60.4 Å². The van der Waals surface area contributed by atoms with Crippen LogP contribution in [0.3, 0.4) is 0 Å². The number of sulfone groups is 1. The van der Waals surface area contributed by atoms with Gasteiger partial charge in [0.05, 0.1) is 4.90 Å². The zero-order valence-electron chi connectivity index (χ0n) is 19.8. The van der Waals surface area contributed by atoms with Crippen molar-refractivity contribution in [2.45, 2.75) is 46.3 Å². The van der Waals surface area contributed by atoms with Gasteiger partial charge in [-0.3, -0.25) is 9.59 Å². The fraction of sp³-hybridized carbons (Fsp3) is 0.385. The lowest BCUT2D eigenvalue weighted by atomic mass is 9.95. The van der Waals surface area contributed by atoms with Crippen molar-refractivity contribution < 1.29 is 22.4 Å². The Morgan fingerprint density at radius 3 is 2.42 bits per heavy atom. The largest absolute Gasteiger partial charge is 0.451 e. The Bertz CT molecular complexity index is 1340. The zero-order chi connectivity index (χ0) is 25.3. The molecule has 2 amide bonds. The molecule has 5 rings (SSSR count). The van der Waals surface area contributed by atoms with Gasteiger partial charge in [0.1, 0.15) is 5.58 Å². The number of likely N-dealkylation sites (tertiary alicyclic amines) is 1. The lowest BCUT2D eigenvalue weighted by Gasteiger charge is -2.39. The average Bonchev–Trinajstić information content (AvgIpc) is 3.64. The third kappa shape index (κ3) is 4.77. The number of para-hydroxylation sites is 1. The van der Waals surface area contributed by atoms with E-state index in [1.54, 1.807) is 30.3 Å². The quantitative estimate of drug-likeness (QED) is 0.324. The molecule has 2 aromatic carbocycles. The van der Waals surface area contributed by atoms with Gasteiger partial charge in [0, 0.05) is 41.7 Å². The number of carbonyl (C=O) groups is 2. The minimum absolute atomic E-state index is 0.115. The Morgan fingerprint density at radius 2 is 1.78 bits per heavy atom. The van der Waals surface area contributed by atoms with Gasteiger partial charge in [0.2, 0.25) is 5.91 Å². The second-order valence-corrected chi connectivity index (χ2v) is 12.8. The van der Waals surface area contributed by atoms with E-state index in [1.165, 1.54) is 11.8 Å². The second kappa shape index (κ2) is 9.91. The van der Waals surface area contributed by atoms with Gasteiger partial charge in [-0.2, -0.15) is 0 Å². The molecule has 0 atom stereocenters. The first-order valence-electron chi connectivity index (χ1n) is 12.1. The van der Waals surface area contributed by atoms with Crippen LogP contribution >= 0.6 is 11.8 Å². The summed E-state index contributed by atoms with van der Waals surface area (Å²) in [6.07, 6.45) is 2.73. The standard InChI is InChI=1S/C26H29N3O5S2/c27-25(31)26(11-14-29(15-12-26)19-5-6-19)36(32,33)21-9-7-20(8-10-21)35-16-13-28-24(30)23-17-18-3-1-2-4-22(18)34-23/h1-4,7-10,17,19H,5-6,11-16H2,(H2,27,31)(H,28,30). The summed E-state index contributed by atoms with van der Waals surface area (Å²) in [6.45, 7) is 1.56. The second-order valence-electron chi connectivity index (χ2n) is 9.35. The Labute approximate surface area is 214 Å². The molecule has 1 saturated heterocycles. The molecule has 1 aliphatic heterocycles. The van der Waals surface area contributed by atoms with Gasteiger partial charge < -0.3 is 20.4 Å². The molecule has 2 aliphatic rings. The third-order valence-electron chi connectivity index (χ3n) is 7.07. The van der Waals surface area contributed by atoms with E-state index in [0.717, 1.165) is 23.1 Å². The number of piperidine rings is 1. The van der Waals surface area contributed by atoms with Gasteiger partial charge in [0.25, 0.3) is 5.91 Å². The molecule has 1 saturated carbocycles. The Balaban J connectivity index is 1.17. The Kier molecular flexibility index (Phi) is 6.84. The van der Waals surface area contributed by atoms with E-state index in [0.29, 0.717) is 37.0 Å². The van der Waals surface area contributed by atoms with Crippen molar-refractivity contribution in [2.75, 3.05) is 25.4 Å². The summed E-state index contributed by atoms with van der Waals surface area (Å²) in [5.41, 5.74) is 6.35. The van der Waals surface area contributed by atoms with Crippen LogP contribution in [0.4, 0.5) is 0 Å². The molecule has 0 radical (unpaired) electrons. The number of benzene rings is 2. The van der Waals surface area contributed by atoms with Crippen molar-refractivity contribution in [1.82, 2.24) is 10.2 Å². The Morgan fingerprint density at radius 1 is 1.08 bits per heavy atom. The van der Waals surface area contributed by atoms with Crippen molar-refractivity contribution in [2.24, 2.45) is 5.73 Å². The van der Waals surface area contributed by atoms with Crippen LogP contribution in [0, 0.1) is 0 Å². The smallest absolute Gasteiger partial charge is 0.287 e. The fourth-order valence-electron chi connectivity index (χ4n) is 4.79. The normalized spacial score (nSPS) is 18.2. The van der Waals surface area contributed by atoms with Crippen LogP contribution in [0.5, 0.6) is 0 Å². The first-order chi connectivity index (χ1) is 17.3. The SMILES string of the molecule is NC(=O)C1(S(=O)(=O)c2ccc(SCCNC(=O)c3cc4ccccc4o3)cc2)CCN(C2CC2)CC1. The molecule has 2 fully saturated rings. The maximum atomic E-state index is 13.5. The summed E-state index contributed by atoms with van der Waals surface area (Å²) in [5, 5.41) is 3.71. The number of nitrogens with zero attached hydrogens (tertiary/aromatic N) is 1. The average molecular weight is 528 g/mol. The topological polar surface area (TPSA) is 123 Å². The monoisotopic (exact) mass is 527 g/mol. The number of nitrogens with two attached hydrogens (primary N) is 1. The number of amides is 2. The van der Waals surface area contributed by atoms with Gasteiger partial charge in [-0.05, 0) is 62.1 Å². The molecular weight excluding hydrogens is 498 g/mol. The first kappa shape index (κ1) is 24.9. The number of fused-ring (bicyclic) bond motifs is 1. The number of primary amides is 1. The molecular formula is C26H29N3O5S2. The maximum Gasteiger partial charge on any atom is 0.287 e. The van der Waals surface area contributed by atoms with Crippen molar-refractivity contribution in [3.8, 4) is 0 Å². The molecule has 2 heterocycles. The van der Waals surface area contributed by atoms with E-state index >= 15 is 0 Å².